The van der Waals surface area contributed by atoms with Gasteiger partial charge < -0.3 is 14.0 Å². The summed E-state index contributed by atoms with van der Waals surface area (Å²) in [6, 6.07) is 7.92. The average Bonchev–Trinajstić information content (AvgIpc) is 2.80. The molecule has 1 aliphatic rings. The third kappa shape index (κ3) is 3.93. The van der Waals surface area contributed by atoms with Crippen molar-refractivity contribution in [3.8, 4) is 22.8 Å². The van der Waals surface area contributed by atoms with E-state index in [1.165, 1.54) is 5.56 Å². The van der Waals surface area contributed by atoms with E-state index < -0.39 is 0 Å². The van der Waals surface area contributed by atoms with Crippen molar-refractivity contribution in [2.75, 3.05) is 25.7 Å². The van der Waals surface area contributed by atoms with Gasteiger partial charge in [0.1, 0.15) is 0 Å². The number of benzene rings is 1. The number of ether oxygens (including phenoxy) is 2. The summed E-state index contributed by atoms with van der Waals surface area (Å²) < 4.78 is 13.8. The molecular weight excluding hydrogens is 346 g/mol. The highest BCUT2D eigenvalue weighted by Crippen LogP contribution is 2.40. The summed E-state index contributed by atoms with van der Waals surface area (Å²) in [6.07, 6.45) is 8.11. The Labute approximate surface area is 159 Å². The lowest BCUT2D eigenvalue weighted by atomic mass is 9.99. The van der Waals surface area contributed by atoms with Gasteiger partial charge in [0, 0.05) is 29.9 Å². The van der Waals surface area contributed by atoms with Crippen LogP contribution < -0.4 is 14.9 Å². The molecule has 0 amide bonds. The highest BCUT2D eigenvalue weighted by atomic mass is 32.2. The molecular formula is C21H27NO3S. The van der Waals surface area contributed by atoms with Crippen LogP contribution in [0.1, 0.15) is 37.8 Å². The number of pyridine rings is 1. The van der Waals surface area contributed by atoms with Crippen molar-refractivity contribution in [3.63, 3.8) is 0 Å². The van der Waals surface area contributed by atoms with Crippen LogP contribution in [0.4, 0.5) is 0 Å². The Hall–Kier alpha value is -1.88. The first-order valence-corrected chi connectivity index (χ1v) is 10.6. The summed E-state index contributed by atoms with van der Waals surface area (Å²) in [6.45, 7) is 2.88. The number of nitrogens with zero attached hydrogens (tertiary/aromatic N) is 1. The van der Waals surface area contributed by atoms with E-state index in [4.69, 9.17) is 9.47 Å². The summed E-state index contributed by atoms with van der Waals surface area (Å²) >= 11 is 1.83. The monoisotopic (exact) mass is 373 g/mol. The van der Waals surface area contributed by atoms with Crippen molar-refractivity contribution in [1.29, 1.82) is 0 Å². The second kappa shape index (κ2) is 8.67. The first-order chi connectivity index (χ1) is 12.7. The molecule has 1 aromatic carbocycles. The molecule has 0 aliphatic carbocycles. The Bertz CT molecular complexity index is 815. The first-order valence-electron chi connectivity index (χ1n) is 9.23. The molecule has 140 valence electrons. The predicted molar refractivity (Wildman–Crippen MR) is 109 cm³/mol. The van der Waals surface area contributed by atoms with Gasteiger partial charge in [-0.25, -0.2) is 0 Å². The van der Waals surface area contributed by atoms with Crippen molar-refractivity contribution in [2.24, 2.45) is 0 Å². The van der Waals surface area contributed by atoms with Crippen LogP contribution in [0.15, 0.2) is 35.3 Å². The molecule has 0 saturated carbocycles. The lowest BCUT2D eigenvalue weighted by Crippen LogP contribution is -2.12. The number of hydrogen-bond acceptors (Lipinski definition) is 4. The smallest absolute Gasteiger partial charge is 0.182 e. The molecule has 4 nitrogen and oxygen atoms in total. The molecule has 1 unspecified atom stereocenters. The molecule has 26 heavy (non-hydrogen) atoms. The minimum absolute atomic E-state index is 0.0373. The van der Waals surface area contributed by atoms with Crippen LogP contribution in [0.25, 0.3) is 11.3 Å². The molecule has 1 aromatic heterocycles. The van der Waals surface area contributed by atoms with E-state index in [0.29, 0.717) is 12.6 Å². The standard InChI is InChI=1S/C21H27NO3S/c1-4-16-7-6-15-12-21(25-10-5-11-26-3)20(24-2)14-18(15)19-13-17(23)8-9-22(16)19/h8-9,12-14,16H,4-7,10-11H2,1-3H3. The topological polar surface area (TPSA) is 40.5 Å². The fourth-order valence-corrected chi connectivity index (χ4v) is 4.00. The van der Waals surface area contributed by atoms with Crippen LogP contribution in [0.2, 0.25) is 0 Å². The maximum absolute atomic E-state index is 12.0. The van der Waals surface area contributed by atoms with Crippen LogP contribution >= 0.6 is 11.8 Å². The zero-order valence-corrected chi connectivity index (χ0v) is 16.6. The average molecular weight is 374 g/mol. The van der Waals surface area contributed by atoms with Crippen molar-refractivity contribution < 1.29 is 9.47 Å². The molecule has 0 radical (unpaired) electrons. The van der Waals surface area contributed by atoms with Gasteiger partial charge in [-0.15, -0.1) is 0 Å². The quantitative estimate of drug-likeness (QED) is 0.668. The molecule has 0 bridgehead atoms. The van der Waals surface area contributed by atoms with Crippen LogP contribution in [-0.4, -0.2) is 30.3 Å². The van der Waals surface area contributed by atoms with Gasteiger partial charge in [-0.05, 0) is 55.4 Å². The Morgan fingerprint density at radius 3 is 2.85 bits per heavy atom. The maximum Gasteiger partial charge on any atom is 0.182 e. The normalized spacial score (nSPS) is 15.7. The molecule has 1 atom stereocenters. The maximum atomic E-state index is 12.0. The molecule has 5 heteroatoms. The van der Waals surface area contributed by atoms with Gasteiger partial charge in [-0.1, -0.05) is 6.92 Å². The summed E-state index contributed by atoms with van der Waals surface area (Å²) in [5, 5.41) is 0. The fraction of sp³-hybridized carbons (Fsp3) is 0.476. The third-order valence-corrected chi connectivity index (χ3v) is 5.68. The lowest BCUT2D eigenvalue weighted by Gasteiger charge is -2.20. The number of fused-ring (bicyclic) bond motifs is 3. The second-order valence-electron chi connectivity index (χ2n) is 6.61. The van der Waals surface area contributed by atoms with Gasteiger partial charge in [0.2, 0.25) is 0 Å². The third-order valence-electron chi connectivity index (χ3n) is 4.98. The lowest BCUT2D eigenvalue weighted by molar-refractivity contribution is 0.295. The Morgan fingerprint density at radius 2 is 2.12 bits per heavy atom. The van der Waals surface area contributed by atoms with Crippen LogP contribution in [-0.2, 0) is 6.42 Å². The number of aromatic nitrogens is 1. The van der Waals surface area contributed by atoms with Gasteiger partial charge >= 0.3 is 0 Å². The molecule has 2 heterocycles. The number of rotatable bonds is 7. The van der Waals surface area contributed by atoms with Crippen LogP contribution in [0, 0.1) is 0 Å². The summed E-state index contributed by atoms with van der Waals surface area (Å²) in [5.74, 6) is 2.61. The molecule has 1 aliphatic heterocycles. The SMILES string of the molecule is CCC1CCc2cc(OCCCSC)c(OC)cc2-c2cc(=O)ccn21. The highest BCUT2D eigenvalue weighted by molar-refractivity contribution is 7.98. The van der Waals surface area contributed by atoms with E-state index in [1.54, 1.807) is 19.2 Å². The van der Waals surface area contributed by atoms with E-state index in [-0.39, 0.29) is 5.43 Å². The summed E-state index contributed by atoms with van der Waals surface area (Å²) in [5.41, 5.74) is 3.31. The van der Waals surface area contributed by atoms with Gasteiger partial charge in [0.15, 0.2) is 16.9 Å². The van der Waals surface area contributed by atoms with E-state index in [0.717, 1.165) is 54.2 Å². The van der Waals surface area contributed by atoms with E-state index in [9.17, 15) is 4.79 Å². The fourth-order valence-electron chi connectivity index (χ4n) is 3.59. The van der Waals surface area contributed by atoms with Crippen molar-refractivity contribution >= 4 is 11.8 Å². The predicted octanol–water partition coefficient (Wildman–Crippen LogP) is 4.55. The Morgan fingerprint density at radius 1 is 1.27 bits per heavy atom. The van der Waals surface area contributed by atoms with Crippen LogP contribution in [0.5, 0.6) is 11.5 Å². The molecule has 0 saturated heterocycles. The number of thioether (sulfide) groups is 1. The van der Waals surface area contributed by atoms with Crippen molar-refractivity contribution in [1.82, 2.24) is 4.57 Å². The van der Waals surface area contributed by atoms with Crippen LogP contribution in [0.3, 0.4) is 0 Å². The molecule has 2 aromatic rings. The number of aryl methyl sites for hydroxylation is 1. The molecule has 3 rings (SSSR count). The number of hydrogen-bond donors (Lipinski definition) is 0. The Balaban J connectivity index is 2.03. The van der Waals surface area contributed by atoms with E-state index in [2.05, 4.69) is 23.8 Å². The van der Waals surface area contributed by atoms with Crippen molar-refractivity contribution in [2.45, 2.75) is 38.6 Å². The van der Waals surface area contributed by atoms with E-state index >= 15 is 0 Å². The van der Waals surface area contributed by atoms with Gasteiger partial charge in [0.05, 0.1) is 19.4 Å². The van der Waals surface area contributed by atoms with Crippen molar-refractivity contribution in [3.05, 3.63) is 46.2 Å². The zero-order chi connectivity index (χ0) is 18.5. The Kier molecular flexibility index (Phi) is 6.30. The largest absolute Gasteiger partial charge is 0.493 e. The zero-order valence-electron chi connectivity index (χ0n) is 15.8. The second-order valence-corrected chi connectivity index (χ2v) is 7.60. The summed E-state index contributed by atoms with van der Waals surface area (Å²) in [4.78, 5) is 12.0. The molecule has 0 fully saturated rings. The molecule has 0 N–H and O–H groups in total. The number of methoxy groups -OCH3 is 1. The van der Waals surface area contributed by atoms with Gasteiger partial charge in [-0.3, -0.25) is 4.79 Å². The van der Waals surface area contributed by atoms with E-state index in [1.807, 2.05) is 24.0 Å². The first kappa shape index (κ1) is 18.9. The minimum atomic E-state index is 0.0373. The van der Waals surface area contributed by atoms with Gasteiger partial charge in [-0.2, -0.15) is 11.8 Å². The molecule has 0 spiro atoms. The minimum Gasteiger partial charge on any atom is -0.493 e. The highest BCUT2D eigenvalue weighted by Gasteiger charge is 2.22. The summed E-state index contributed by atoms with van der Waals surface area (Å²) in [7, 11) is 1.67. The van der Waals surface area contributed by atoms with Gasteiger partial charge in [0.25, 0.3) is 0 Å².